The second kappa shape index (κ2) is 7.64. The van der Waals surface area contributed by atoms with Crippen molar-refractivity contribution < 1.29 is 14.3 Å². The minimum atomic E-state index is -0.00329. The number of carbonyl (C=O) groups is 1. The number of piperidine rings is 1. The minimum absolute atomic E-state index is 0.00329. The molecule has 2 aliphatic rings. The number of aromatic nitrogens is 1. The molecule has 1 saturated heterocycles. The molecular weight excluding hydrogens is 294 g/mol. The average Bonchev–Trinajstić information content (AvgIpc) is 3.05. The van der Waals surface area contributed by atoms with Crippen LogP contribution in [0.4, 0.5) is 10.5 Å². The van der Waals surface area contributed by atoms with Gasteiger partial charge in [-0.05, 0) is 37.7 Å². The number of ether oxygens (including phenoxy) is 2. The molecule has 1 aromatic heterocycles. The first-order valence-corrected chi connectivity index (χ1v) is 8.43. The van der Waals surface area contributed by atoms with Crippen LogP contribution in [0.5, 0.6) is 5.88 Å². The lowest BCUT2D eigenvalue weighted by Gasteiger charge is -2.37. The predicted octanol–water partition coefficient (Wildman–Crippen LogP) is 2.90. The van der Waals surface area contributed by atoms with Crippen molar-refractivity contribution in [1.82, 2.24) is 9.88 Å². The van der Waals surface area contributed by atoms with Crippen molar-refractivity contribution in [2.45, 2.75) is 38.1 Å². The van der Waals surface area contributed by atoms with Crippen molar-refractivity contribution in [1.29, 1.82) is 0 Å². The lowest BCUT2D eigenvalue weighted by atomic mass is 9.92. The molecule has 1 saturated carbocycles. The highest BCUT2D eigenvalue weighted by atomic mass is 16.5. The third-order valence-corrected chi connectivity index (χ3v) is 4.78. The number of amides is 2. The van der Waals surface area contributed by atoms with E-state index in [-0.39, 0.29) is 6.03 Å². The zero-order chi connectivity index (χ0) is 16.1. The number of urea groups is 1. The zero-order valence-corrected chi connectivity index (χ0v) is 13.7. The number of nitrogens with one attached hydrogen (secondary N) is 1. The van der Waals surface area contributed by atoms with Crippen LogP contribution < -0.4 is 10.1 Å². The largest absolute Gasteiger partial charge is 0.475 e. The Balaban J connectivity index is 1.55. The van der Waals surface area contributed by atoms with Crippen LogP contribution in [-0.2, 0) is 4.74 Å². The fourth-order valence-corrected chi connectivity index (χ4v) is 3.67. The Bertz CT molecular complexity index is 520. The quantitative estimate of drug-likeness (QED) is 0.848. The summed E-state index contributed by atoms with van der Waals surface area (Å²) in [5.41, 5.74) is 0.703. The normalized spacial score (nSPS) is 23.4. The molecule has 1 aliphatic carbocycles. The van der Waals surface area contributed by atoms with E-state index in [1.807, 2.05) is 11.0 Å². The summed E-state index contributed by atoms with van der Waals surface area (Å²) < 4.78 is 10.3. The smallest absolute Gasteiger partial charge is 0.322 e. The lowest BCUT2D eigenvalue weighted by Crippen LogP contribution is -2.48. The number of hydrogen-bond donors (Lipinski definition) is 1. The van der Waals surface area contributed by atoms with E-state index in [9.17, 15) is 4.79 Å². The summed E-state index contributed by atoms with van der Waals surface area (Å²) >= 11 is 0. The molecule has 0 unspecified atom stereocenters. The maximum absolute atomic E-state index is 12.5. The highest BCUT2D eigenvalue weighted by molar-refractivity contribution is 5.89. The van der Waals surface area contributed by atoms with E-state index in [2.05, 4.69) is 10.3 Å². The van der Waals surface area contributed by atoms with Gasteiger partial charge in [0, 0.05) is 25.8 Å². The molecule has 0 aromatic carbocycles. The van der Waals surface area contributed by atoms with Crippen LogP contribution in [0, 0.1) is 5.92 Å². The molecular formula is C17H25N3O3. The molecule has 1 aromatic rings. The van der Waals surface area contributed by atoms with Crippen LogP contribution in [0.2, 0.25) is 0 Å². The van der Waals surface area contributed by atoms with Gasteiger partial charge in [-0.3, -0.25) is 0 Å². The number of nitrogens with zero attached hydrogens (tertiary/aromatic N) is 2. The SMILES string of the molecule is COCCOc1ccc(NC(=O)N2CCC[C@H]3CCC[C@@H]32)cn1. The van der Waals surface area contributed by atoms with Crippen molar-refractivity contribution in [3.8, 4) is 5.88 Å². The van der Waals surface area contributed by atoms with Crippen LogP contribution >= 0.6 is 0 Å². The second-order valence-electron chi connectivity index (χ2n) is 6.25. The number of hydrogen-bond acceptors (Lipinski definition) is 4. The van der Waals surface area contributed by atoms with Crippen molar-refractivity contribution in [2.24, 2.45) is 5.92 Å². The van der Waals surface area contributed by atoms with Crippen LogP contribution in [0.3, 0.4) is 0 Å². The molecule has 6 heteroatoms. The number of carbonyl (C=O) groups excluding carboxylic acids is 1. The van der Waals surface area contributed by atoms with E-state index in [0.29, 0.717) is 36.7 Å². The molecule has 23 heavy (non-hydrogen) atoms. The Labute approximate surface area is 137 Å². The van der Waals surface area contributed by atoms with Gasteiger partial charge in [-0.2, -0.15) is 0 Å². The Kier molecular flexibility index (Phi) is 5.33. The number of anilines is 1. The van der Waals surface area contributed by atoms with Gasteiger partial charge in [0.05, 0.1) is 18.5 Å². The molecule has 6 nitrogen and oxygen atoms in total. The lowest BCUT2D eigenvalue weighted by molar-refractivity contribution is 0.138. The van der Waals surface area contributed by atoms with Gasteiger partial charge in [-0.15, -0.1) is 0 Å². The van der Waals surface area contributed by atoms with E-state index in [0.717, 1.165) is 19.4 Å². The summed E-state index contributed by atoms with van der Waals surface area (Å²) in [6, 6.07) is 4.01. The van der Waals surface area contributed by atoms with Crippen LogP contribution in [0.1, 0.15) is 32.1 Å². The summed E-state index contributed by atoms with van der Waals surface area (Å²) in [6.45, 7) is 1.85. The second-order valence-corrected chi connectivity index (χ2v) is 6.25. The van der Waals surface area contributed by atoms with E-state index in [1.54, 1.807) is 19.4 Å². The molecule has 0 spiro atoms. The van der Waals surface area contributed by atoms with Gasteiger partial charge in [-0.25, -0.2) is 9.78 Å². The summed E-state index contributed by atoms with van der Waals surface area (Å²) in [6.07, 6.45) is 7.67. The molecule has 2 heterocycles. The number of likely N-dealkylation sites (tertiary alicyclic amines) is 1. The maximum Gasteiger partial charge on any atom is 0.322 e. The molecule has 126 valence electrons. The number of pyridine rings is 1. The van der Waals surface area contributed by atoms with Crippen molar-refractivity contribution in [3.05, 3.63) is 18.3 Å². The van der Waals surface area contributed by atoms with Gasteiger partial charge in [0.15, 0.2) is 0 Å². The summed E-state index contributed by atoms with van der Waals surface area (Å²) in [5, 5.41) is 2.96. The van der Waals surface area contributed by atoms with Crippen molar-refractivity contribution >= 4 is 11.7 Å². The maximum atomic E-state index is 12.5. The van der Waals surface area contributed by atoms with Gasteiger partial charge < -0.3 is 19.7 Å². The van der Waals surface area contributed by atoms with Gasteiger partial charge in [0.2, 0.25) is 5.88 Å². The van der Waals surface area contributed by atoms with E-state index < -0.39 is 0 Å². The molecule has 1 N–H and O–H groups in total. The molecule has 0 bridgehead atoms. The van der Waals surface area contributed by atoms with E-state index in [1.165, 1.54) is 19.3 Å². The molecule has 2 fully saturated rings. The monoisotopic (exact) mass is 319 g/mol. The third-order valence-electron chi connectivity index (χ3n) is 4.78. The van der Waals surface area contributed by atoms with Gasteiger partial charge >= 0.3 is 6.03 Å². The standard InChI is InChI=1S/C17H25N3O3/c1-22-10-11-23-16-8-7-14(12-18-16)19-17(21)20-9-3-5-13-4-2-6-15(13)20/h7-8,12-13,15H,2-6,9-11H2,1H3,(H,19,21)/t13-,15+/m1/s1. The highest BCUT2D eigenvalue weighted by Gasteiger charge is 2.37. The third kappa shape index (κ3) is 3.93. The first kappa shape index (κ1) is 16.1. The molecule has 2 atom stereocenters. The number of methoxy groups -OCH3 is 1. The van der Waals surface area contributed by atoms with Crippen molar-refractivity contribution in [3.63, 3.8) is 0 Å². The summed E-state index contributed by atoms with van der Waals surface area (Å²) in [5.74, 6) is 1.23. The van der Waals surface area contributed by atoms with Crippen LogP contribution in [0.25, 0.3) is 0 Å². The Morgan fingerprint density at radius 1 is 1.30 bits per heavy atom. The molecule has 1 aliphatic heterocycles. The molecule has 0 radical (unpaired) electrons. The van der Waals surface area contributed by atoms with Gasteiger partial charge in [-0.1, -0.05) is 6.42 Å². The van der Waals surface area contributed by atoms with Gasteiger partial charge in [0.25, 0.3) is 0 Å². The predicted molar refractivity (Wildman–Crippen MR) is 87.7 cm³/mol. The average molecular weight is 319 g/mol. The van der Waals surface area contributed by atoms with Gasteiger partial charge in [0.1, 0.15) is 6.61 Å². The Hall–Kier alpha value is -1.82. The summed E-state index contributed by atoms with van der Waals surface area (Å²) in [4.78, 5) is 18.8. The number of fused-ring (bicyclic) bond motifs is 1. The topological polar surface area (TPSA) is 63.7 Å². The fourth-order valence-electron chi connectivity index (χ4n) is 3.67. The van der Waals surface area contributed by atoms with E-state index in [4.69, 9.17) is 9.47 Å². The Morgan fingerprint density at radius 2 is 2.17 bits per heavy atom. The minimum Gasteiger partial charge on any atom is -0.475 e. The highest BCUT2D eigenvalue weighted by Crippen LogP contribution is 2.36. The summed E-state index contributed by atoms with van der Waals surface area (Å²) in [7, 11) is 1.63. The number of rotatable bonds is 5. The Morgan fingerprint density at radius 3 is 2.96 bits per heavy atom. The molecule has 3 rings (SSSR count). The first-order valence-electron chi connectivity index (χ1n) is 8.43. The zero-order valence-electron chi connectivity index (χ0n) is 13.7. The fraction of sp³-hybridized carbons (Fsp3) is 0.647. The van der Waals surface area contributed by atoms with Crippen LogP contribution in [0.15, 0.2) is 18.3 Å². The first-order chi connectivity index (χ1) is 11.3. The van der Waals surface area contributed by atoms with Crippen LogP contribution in [-0.4, -0.2) is 48.8 Å². The molecule has 2 amide bonds. The van der Waals surface area contributed by atoms with Crippen molar-refractivity contribution in [2.75, 3.05) is 32.2 Å². The van der Waals surface area contributed by atoms with E-state index >= 15 is 0 Å².